The molecule has 0 heterocycles. The molecule has 0 atom stereocenters. The lowest BCUT2D eigenvalue weighted by atomic mass is 10.0. The van der Waals surface area contributed by atoms with Crippen molar-refractivity contribution in [2.45, 2.75) is 33.6 Å². The fourth-order valence-electron chi connectivity index (χ4n) is 2.54. The number of ketones is 1. The van der Waals surface area contributed by atoms with Crippen molar-refractivity contribution in [2.24, 2.45) is 0 Å². The molecule has 2 aromatic rings. The van der Waals surface area contributed by atoms with E-state index in [0.717, 1.165) is 11.1 Å². The Hall–Kier alpha value is -3.15. The molecule has 0 saturated heterocycles. The molecule has 1 amide bonds. The average molecular weight is 383 g/mol. The van der Waals surface area contributed by atoms with Crippen LogP contribution in [0.3, 0.4) is 0 Å². The number of carbonyl (C=O) groups excluding carboxylic acids is 3. The van der Waals surface area contributed by atoms with Gasteiger partial charge in [0.1, 0.15) is 5.75 Å². The molecule has 0 aliphatic carbocycles. The fourth-order valence-corrected chi connectivity index (χ4v) is 2.54. The predicted octanol–water partition coefficient (Wildman–Crippen LogP) is 3.88. The number of para-hydroxylation sites is 1. The standard InChI is InChI=1S/C22H25NO5/c1-14(2)17-10-9-15(3)20(11-17)27-13-22(26)28-12-21(25)23-19-8-6-5-7-18(19)16(4)24/h5-11,14H,12-13H2,1-4H3,(H,23,25). The Kier molecular flexibility index (Phi) is 7.32. The molecule has 0 aromatic heterocycles. The lowest BCUT2D eigenvalue weighted by Gasteiger charge is -2.13. The van der Waals surface area contributed by atoms with E-state index in [0.29, 0.717) is 22.9 Å². The first-order valence-corrected chi connectivity index (χ1v) is 9.06. The van der Waals surface area contributed by atoms with Gasteiger partial charge in [-0.15, -0.1) is 0 Å². The summed E-state index contributed by atoms with van der Waals surface area (Å²) in [6.45, 7) is 6.71. The van der Waals surface area contributed by atoms with E-state index in [1.807, 2.05) is 25.1 Å². The van der Waals surface area contributed by atoms with Crippen LogP contribution >= 0.6 is 0 Å². The van der Waals surface area contributed by atoms with Gasteiger partial charge in [0.15, 0.2) is 19.0 Å². The van der Waals surface area contributed by atoms with Crippen molar-refractivity contribution in [3.8, 4) is 5.75 Å². The van der Waals surface area contributed by atoms with Gasteiger partial charge >= 0.3 is 5.97 Å². The van der Waals surface area contributed by atoms with Gasteiger partial charge in [-0.05, 0) is 49.1 Å². The Morgan fingerprint density at radius 3 is 2.43 bits per heavy atom. The minimum absolute atomic E-state index is 0.166. The lowest BCUT2D eigenvalue weighted by molar-refractivity contribution is -0.149. The SMILES string of the molecule is CC(=O)c1ccccc1NC(=O)COC(=O)COc1cc(C(C)C)ccc1C. The Labute approximate surface area is 164 Å². The second-order valence-electron chi connectivity index (χ2n) is 6.78. The number of aryl methyl sites for hydroxylation is 1. The molecule has 0 saturated carbocycles. The average Bonchev–Trinajstić information content (AvgIpc) is 2.65. The molecule has 2 aromatic carbocycles. The molecule has 1 N–H and O–H groups in total. The van der Waals surface area contributed by atoms with E-state index in [1.165, 1.54) is 6.92 Å². The van der Waals surface area contributed by atoms with Gasteiger partial charge in [-0.2, -0.15) is 0 Å². The maximum absolute atomic E-state index is 12.0. The Morgan fingerprint density at radius 1 is 1.04 bits per heavy atom. The predicted molar refractivity (Wildman–Crippen MR) is 107 cm³/mol. The number of anilines is 1. The van der Waals surface area contributed by atoms with Gasteiger partial charge in [0.2, 0.25) is 0 Å². The van der Waals surface area contributed by atoms with E-state index < -0.39 is 18.5 Å². The first-order chi connectivity index (χ1) is 13.3. The first-order valence-electron chi connectivity index (χ1n) is 9.06. The van der Waals surface area contributed by atoms with E-state index in [9.17, 15) is 14.4 Å². The molecule has 0 radical (unpaired) electrons. The van der Waals surface area contributed by atoms with Crippen molar-refractivity contribution < 1.29 is 23.9 Å². The lowest BCUT2D eigenvalue weighted by Crippen LogP contribution is -2.24. The van der Waals surface area contributed by atoms with Gasteiger partial charge in [-0.25, -0.2) is 4.79 Å². The van der Waals surface area contributed by atoms with Crippen LogP contribution in [0.15, 0.2) is 42.5 Å². The van der Waals surface area contributed by atoms with E-state index in [4.69, 9.17) is 9.47 Å². The third-order valence-corrected chi connectivity index (χ3v) is 4.17. The number of amides is 1. The van der Waals surface area contributed by atoms with Crippen molar-refractivity contribution >= 4 is 23.3 Å². The minimum atomic E-state index is -0.649. The maximum atomic E-state index is 12.0. The number of benzene rings is 2. The summed E-state index contributed by atoms with van der Waals surface area (Å²) < 4.78 is 10.5. The van der Waals surface area contributed by atoms with Gasteiger partial charge < -0.3 is 14.8 Å². The van der Waals surface area contributed by atoms with Crippen LogP contribution in [0.5, 0.6) is 5.75 Å². The zero-order valence-electron chi connectivity index (χ0n) is 16.6. The normalized spacial score (nSPS) is 10.5. The molecule has 0 spiro atoms. The second kappa shape index (κ2) is 9.69. The van der Waals surface area contributed by atoms with Crippen molar-refractivity contribution in [1.29, 1.82) is 0 Å². The summed E-state index contributed by atoms with van der Waals surface area (Å²) in [5.41, 5.74) is 2.80. The van der Waals surface area contributed by atoms with E-state index in [1.54, 1.807) is 24.3 Å². The maximum Gasteiger partial charge on any atom is 0.344 e. The van der Waals surface area contributed by atoms with Crippen LogP contribution in [-0.2, 0) is 14.3 Å². The number of hydrogen-bond acceptors (Lipinski definition) is 5. The van der Waals surface area contributed by atoms with Crippen LogP contribution in [0.2, 0.25) is 0 Å². The largest absolute Gasteiger partial charge is 0.482 e. The number of rotatable bonds is 8. The Balaban J connectivity index is 1.85. The zero-order valence-corrected chi connectivity index (χ0v) is 16.6. The molecule has 0 bridgehead atoms. The highest BCUT2D eigenvalue weighted by Gasteiger charge is 2.13. The number of Topliss-reactive ketones (excluding diaryl/α,β-unsaturated/α-hetero) is 1. The molecular weight excluding hydrogens is 358 g/mol. The fraction of sp³-hybridized carbons (Fsp3) is 0.318. The molecular formula is C22H25NO5. The minimum Gasteiger partial charge on any atom is -0.482 e. The Morgan fingerprint density at radius 2 is 1.75 bits per heavy atom. The quantitative estimate of drug-likeness (QED) is 0.553. The molecule has 6 nitrogen and oxygen atoms in total. The number of ether oxygens (including phenoxy) is 2. The monoisotopic (exact) mass is 383 g/mol. The second-order valence-corrected chi connectivity index (χ2v) is 6.78. The van der Waals surface area contributed by atoms with Crippen molar-refractivity contribution in [1.82, 2.24) is 0 Å². The van der Waals surface area contributed by atoms with Crippen LogP contribution in [0.1, 0.15) is 48.2 Å². The zero-order chi connectivity index (χ0) is 20.7. The van der Waals surface area contributed by atoms with Gasteiger partial charge in [0.25, 0.3) is 5.91 Å². The van der Waals surface area contributed by atoms with Crippen LogP contribution in [-0.4, -0.2) is 30.9 Å². The highest BCUT2D eigenvalue weighted by Crippen LogP contribution is 2.24. The van der Waals surface area contributed by atoms with E-state index >= 15 is 0 Å². The van der Waals surface area contributed by atoms with Crippen molar-refractivity contribution in [3.05, 3.63) is 59.2 Å². The molecule has 0 aliphatic rings. The van der Waals surface area contributed by atoms with Gasteiger partial charge in [0, 0.05) is 5.56 Å². The molecule has 2 rings (SSSR count). The summed E-state index contributed by atoms with van der Waals surface area (Å²) in [4.78, 5) is 35.5. The molecule has 0 fully saturated rings. The number of hydrogen-bond donors (Lipinski definition) is 1. The summed E-state index contributed by atoms with van der Waals surface area (Å²) >= 11 is 0. The summed E-state index contributed by atoms with van der Waals surface area (Å²) in [6, 6.07) is 12.5. The van der Waals surface area contributed by atoms with Crippen LogP contribution in [0.4, 0.5) is 5.69 Å². The molecule has 6 heteroatoms. The van der Waals surface area contributed by atoms with Gasteiger partial charge in [-0.1, -0.05) is 38.1 Å². The van der Waals surface area contributed by atoms with Gasteiger partial charge in [-0.3, -0.25) is 9.59 Å². The molecule has 0 unspecified atom stereocenters. The molecule has 28 heavy (non-hydrogen) atoms. The number of esters is 1. The highest BCUT2D eigenvalue weighted by molar-refractivity contribution is 6.04. The molecule has 0 aliphatic heterocycles. The third-order valence-electron chi connectivity index (χ3n) is 4.17. The Bertz CT molecular complexity index is 873. The van der Waals surface area contributed by atoms with E-state index in [2.05, 4.69) is 19.2 Å². The van der Waals surface area contributed by atoms with Crippen LogP contribution < -0.4 is 10.1 Å². The number of nitrogens with one attached hydrogen (secondary N) is 1. The first kappa shape index (κ1) is 21.2. The van der Waals surface area contributed by atoms with E-state index in [-0.39, 0.29) is 12.4 Å². The molecule has 148 valence electrons. The van der Waals surface area contributed by atoms with Gasteiger partial charge in [0.05, 0.1) is 5.69 Å². The van der Waals surface area contributed by atoms with Crippen LogP contribution in [0, 0.1) is 6.92 Å². The summed E-state index contributed by atoms with van der Waals surface area (Å²) in [6.07, 6.45) is 0. The highest BCUT2D eigenvalue weighted by atomic mass is 16.6. The third kappa shape index (κ3) is 5.94. The van der Waals surface area contributed by atoms with Crippen molar-refractivity contribution in [3.63, 3.8) is 0 Å². The van der Waals surface area contributed by atoms with Crippen molar-refractivity contribution in [2.75, 3.05) is 18.5 Å². The smallest absolute Gasteiger partial charge is 0.344 e. The summed E-state index contributed by atoms with van der Waals surface area (Å²) in [5, 5.41) is 2.57. The summed E-state index contributed by atoms with van der Waals surface area (Å²) in [5.74, 6) is -0.385. The number of carbonyl (C=O) groups is 3. The van der Waals surface area contributed by atoms with Crippen LogP contribution in [0.25, 0.3) is 0 Å². The topological polar surface area (TPSA) is 81.7 Å². The summed E-state index contributed by atoms with van der Waals surface area (Å²) in [7, 11) is 0.